The largest absolute Gasteiger partial charge is 0.493 e. The third-order valence-corrected chi connectivity index (χ3v) is 2.74. The van der Waals surface area contributed by atoms with Crippen molar-refractivity contribution in [1.82, 2.24) is 14.5 Å². The van der Waals surface area contributed by atoms with E-state index in [9.17, 15) is 9.90 Å². The highest BCUT2D eigenvalue weighted by atomic mass is 35.5. The first-order valence-corrected chi connectivity index (χ1v) is 4.97. The number of hydrogen-bond donors (Lipinski definition) is 1. The second-order valence-corrected chi connectivity index (χ2v) is 3.72. The van der Waals surface area contributed by atoms with Crippen molar-refractivity contribution in [3.05, 3.63) is 21.8 Å². The molecule has 0 fully saturated rings. The zero-order valence-corrected chi connectivity index (χ0v) is 8.73. The standard InChI is InChI=1S/C9H6ClN3O3/c10-7-6-5-4(3-11-7)8(14)12-9(15)13(5)1-2-16-6/h3H,1-2H2,(H,12,14,15). The van der Waals surface area contributed by atoms with Crippen molar-refractivity contribution in [2.24, 2.45) is 0 Å². The van der Waals surface area contributed by atoms with Gasteiger partial charge in [-0.1, -0.05) is 11.6 Å². The van der Waals surface area contributed by atoms with Gasteiger partial charge < -0.3 is 9.84 Å². The molecule has 3 rings (SSSR count). The topological polar surface area (TPSA) is 77.2 Å². The van der Waals surface area contributed by atoms with Gasteiger partial charge in [-0.15, -0.1) is 0 Å². The van der Waals surface area contributed by atoms with Crippen LogP contribution in [-0.2, 0) is 6.54 Å². The third-order valence-electron chi connectivity index (χ3n) is 2.47. The Balaban J connectivity index is 2.60. The maximum atomic E-state index is 11.6. The van der Waals surface area contributed by atoms with E-state index in [2.05, 4.69) is 9.97 Å². The van der Waals surface area contributed by atoms with Crippen molar-refractivity contribution < 1.29 is 9.84 Å². The molecular weight excluding hydrogens is 234 g/mol. The zero-order chi connectivity index (χ0) is 11.3. The van der Waals surface area contributed by atoms with Crippen LogP contribution in [0.3, 0.4) is 0 Å². The van der Waals surface area contributed by atoms with Crippen molar-refractivity contribution in [3.63, 3.8) is 0 Å². The lowest BCUT2D eigenvalue weighted by atomic mass is 10.2. The van der Waals surface area contributed by atoms with Gasteiger partial charge in [0.05, 0.1) is 11.9 Å². The predicted molar refractivity (Wildman–Crippen MR) is 56.0 cm³/mol. The Morgan fingerprint density at radius 1 is 1.56 bits per heavy atom. The number of rotatable bonds is 0. The molecule has 6 nitrogen and oxygen atoms in total. The van der Waals surface area contributed by atoms with Crippen LogP contribution in [0, 0.1) is 0 Å². The summed E-state index contributed by atoms with van der Waals surface area (Å²) < 4.78 is 6.76. The lowest BCUT2D eigenvalue weighted by molar-refractivity contribution is 0.281. The van der Waals surface area contributed by atoms with Gasteiger partial charge >= 0.3 is 5.69 Å². The number of ether oxygens (including phenoxy) is 1. The molecule has 2 aromatic rings. The number of nitrogens with zero attached hydrogens (tertiary/aromatic N) is 3. The lowest BCUT2D eigenvalue weighted by Crippen LogP contribution is -2.29. The normalized spacial score (nSPS) is 13.8. The first-order chi connectivity index (χ1) is 7.68. The van der Waals surface area contributed by atoms with E-state index in [1.165, 1.54) is 10.8 Å². The van der Waals surface area contributed by atoms with Gasteiger partial charge in [0.1, 0.15) is 12.1 Å². The van der Waals surface area contributed by atoms with Gasteiger partial charge in [0.15, 0.2) is 10.9 Å². The molecule has 0 unspecified atom stereocenters. The maximum Gasteiger partial charge on any atom is 0.351 e. The number of aromatic hydroxyl groups is 1. The summed E-state index contributed by atoms with van der Waals surface area (Å²) in [7, 11) is 0. The van der Waals surface area contributed by atoms with Gasteiger partial charge in [-0.05, 0) is 0 Å². The minimum absolute atomic E-state index is 0.172. The van der Waals surface area contributed by atoms with E-state index >= 15 is 0 Å². The fourth-order valence-electron chi connectivity index (χ4n) is 1.77. The van der Waals surface area contributed by atoms with Crippen LogP contribution in [0.15, 0.2) is 11.0 Å². The second kappa shape index (κ2) is 3.08. The first kappa shape index (κ1) is 9.41. The quantitative estimate of drug-likeness (QED) is 0.679. The molecule has 0 aromatic carbocycles. The predicted octanol–water partition coefficient (Wildman–Crippen LogP) is 0.543. The monoisotopic (exact) mass is 239 g/mol. The summed E-state index contributed by atoms with van der Waals surface area (Å²) in [5.74, 6) is -0.0348. The molecule has 7 heteroatoms. The van der Waals surface area contributed by atoms with Crippen molar-refractivity contribution in [1.29, 1.82) is 0 Å². The molecule has 0 saturated heterocycles. The summed E-state index contributed by atoms with van der Waals surface area (Å²) in [4.78, 5) is 18.9. The van der Waals surface area contributed by atoms with Crippen LogP contribution in [0.2, 0.25) is 5.15 Å². The Hall–Kier alpha value is -1.82. The molecule has 0 aliphatic carbocycles. The number of pyridine rings is 1. The van der Waals surface area contributed by atoms with Crippen LogP contribution in [0.25, 0.3) is 10.9 Å². The molecule has 1 aliphatic heterocycles. The molecule has 16 heavy (non-hydrogen) atoms. The van der Waals surface area contributed by atoms with E-state index in [4.69, 9.17) is 16.3 Å². The molecule has 2 aromatic heterocycles. The van der Waals surface area contributed by atoms with Crippen LogP contribution in [0.5, 0.6) is 11.6 Å². The molecular formula is C9H6ClN3O3. The van der Waals surface area contributed by atoms with Crippen molar-refractivity contribution in [2.75, 3.05) is 6.61 Å². The SMILES string of the molecule is O=c1nc(O)c2cnc(Cl)c3c2n1CCO3. The second-order valence-electron chi connectivity index (χ2n) is 3.36. The molecule has 3 heterocycles. The van der Waals surface area contributed by atoms with Gasteiger partial charge in [-0.2, -0.15) is 4.98 Å². The van der Waals surface area contributed by atoms with Crippen molar-refractivity contribution in [2.45, 2.75) is 6.54 Å². The Morgan fingerprint density at radius 3 is 3.19 bits per heavy atom. The molecule has 0 spiro atoms. The van der Waals surface area contributed by atoms with Crippen LogP contribution in [0.4, 0.5) is 0 Å². The fraction of sp³-hybridized carbons (Fsp3) is 0.222. The minimum Gasteiger partial charge on any atom is -0.493 e. The van der Waals surface area contributed by atoms with Gasteiger partial charge in [0.25, 0.3) is 0 Å². The summed E-state index contributed by atoms with van der Waals surface area (Å²) in [6.45, 7) is 0.718. The molecule has 0 amide bonds. The zero-order valence-electron chi connectivity index (χ0n) is 7.97. The van der Waals surface area contributed by atoms with E-state index in [0.29, 0.717) is 29.8 Å². The Morgan fingerprint density at radius 2 is 2.38 bits per heavy atom. The summed E-state index contributed by atoms with van der Waals surface area (Å²) in [5.41, 5.74) is -0.0689. The third kappa shape index (κ3) is 1.10. The Kier molecular flexibility index (Phi) is 1.81. The summed E-state index contributed by atoms with van der Waals surface area (Å²) in [6, 6.07) is 0. The first-order valence-electron chi connectivity index (χ1n) is 4.59. The van der Waals surface area contributed by atoms with E-state index in [0.717, 1.165) is 0 Å². The highest BCUT2D eigenvalue weighted by Gasteiger charge is 2.21. The highest BCUT2D eigenvalue weighted by Crippen LogP contribution is 2.35. The van der Waals surface area contributed by atoms with Crippen LogP contribution in [-0.4, -0.2) is 26.2 Å². The maximum absolute atomic E-state index is 11.6. The number of hydrogen-bond acceptors (Lipinski definition) is 5. The lowest BCUT2D eigenvalue weighted by Gasteiger charge is -2.19. The van der Waals surface area contributed by atoms with Crippen molar-refractivity contribution >= 4 is 22.5 Å². The molecule has 0 radical (unpaired) electrons. The molecule has 0 bridgehead atoms. The van der Waals surface area contributed by atoms with Gasteiger partial charge in [0, 0.05) is 6.20 Å². The van der Waals surface area contributed by atoms with Gasteiger partial charge in [-0.3, -0.25) is 4.57 Å². The Labute approximate surface area is 94.1 Å². The van der Waals surface area contributed by atoms with Crippen molar-refractivity contribution in [3.8, 4) is 11.6 Å². The Bertz CT molecular complexity index is 652. The van der Waals surface area contributed by atoms with Gasteiger partial charge in [-0.25, -0.2) is 9.78 Å². The summed E-state index contributed by atoms with van der Waals surface area (Å²) in [6.07, 6.45) is 1.37. The molecule has 0 atom stereocenters. The summed E-state index contributed by atoms with van der Waals surface area (Å²) >= 11 is 5.86. The van der Waals surface area contributed by atoms with E-state index in [1.807, 2.05) is 0 Å². The minimum atomic E-state index is -0.517. The molecule has 82 valence electrons. The number of halogens is 1. The van der Waals surface area contributed by atoms with E-state index < -0.39 is 5.69 Å². The van der Waals surface area contributed by atoms with Crippen LogP contribution >= 0.6 is 11.6 Å². The molecule has 0 saturated carbocycles. The van der Waals surface area contributed by atoms with E-state index in [-0.39, 0.29) is 11.0 Å². The average molecular weight is 240 g/mol. The van der Waals surface area contributed by atoms with Crippen LogP contribution in [0.1, 0.15) is 0 Å². The summed E-state index contributed by atoms with van der Waals surface area (Å²) in [5, 5.41) is 10.1. The average Bonchev–Trinajstić information content (AvgIpc) is 2.27. The molecule has 1 aliphatic rings. The number of aromatic nitrogens is 3. The van der Waals surface area contributed by atoms with Crippen LogP contribution < -0.4 is 10.4 Å². The highest BCUT2D eigenvalue weighted by molar-refractivity contribution is 6.31. The van der Waals surface area contributed by atoms with E-state index in [1.54, 1.807) is 0 Å². The molecule has 1 N–H and O–H groups in total. The van der Waals surface area contributed by atoms with Gasteiger partial charge in [0.2, 0.25) is 5.88 Å². The fourth-order valence-corrected chi connectivity index (χ4v) is 1.97. The smallest absolute Gasteiger partial charge is 0.351 e.